The minimum Gasteiger partial charge on any atom is -0.342 e. The number of rotatable bonds is 5. The van der Waals surface area contributed by atoms with Crippen molar-refractivity contribution >= 4 is 15.9 Å². The van der Waals surface area contributed by atoms with Crippen LogP contribution < -0.4 is 0 Å². The molecule has 28 heavy (non-hydrogen) atoms. The van der Waals surface area contributed by atoms with E-state index in [1.807, 2.05) is 35.2 Å². The summed E-state index contributed by atoms with van der Waals surface area (Å²) in [4.78, 5) is 22.9. The number of hydrogen-bond donors (Lipinski definition) is 0. The van der Waals surface area contributed by atoms with Gasteiger partial charge in [-0.2, -0.15) is 4.31 Å². The summed E-state index contributed by atoms with van der Waals surface area (Å²) in [5.41, 5.74) is 1.80. The second-order valence-corrected chi connectivity index (χ2v) is 9.54. The first-order valence-corrected chi connectivity index (χ1v) is 11.3. The van der Waals surface area contributed by atoms with Crippen LogP contribution in [0.25, 0.3) is 0 Å². The van der Waals surface area contributed by atoms with Crippen molar-refractivity contribution in [1.29, 1.82) is 0 Å². The highest BCUT2D eigenvalue weighted by molar-refractivity contribution is 7.88. The summed E-state index contributed by atoms with van der Waals surface area (Å²) in [5, 5.41) is 0. The average molecular weight is 401 g/mol. The number of aromatic nitrogens is 2. The zero-order valence-corrected chi connectivity index (χ0v) is 16.6. The van der Waals surface area contributed by atoms with Gasteiger partial charge in [0, 0.05) is 50.6 Å². The topological polar surface area (TPSA) is 83.5 Å². The van der Waals surface area contributed by atoms with E-state index >= 15 is 0 Å². The van der Waals surface area contributed by atoms with Crippen LogP contribution in [0.15, 0.2) is 48.9 Å². The Morgan fingerprint density at radius 2 is 1.93 bits per heavy atom. The molecule has 0 unspecified atom stereocenters. The maximum Gasteiger partial charge on any atom is 0.222 e. The molecule has 8 heteroatoms. The van der Waals surface area contributed by atoms with Crippen LogP contribution in [0.3, 0.4) is 0 Å². The van der Waals surface area contributed by atoms with E-state index in [9.17, 15) is 13.2 Å². The highest BCUT2D eigenvalue weighted by Gasteiger charge is 2.51. The van der Waals surface area contributed by atoms with Gasteiger partial charge < -0.3 is 4.90 Å². The van der Waals surface area contributed by atoms with E-state index in [4.69, 9.17) is 0 Å². The SMILES string of the molecule is CS(=O)(=O)N1C[C@H]2CN(C(=O)CCc3cnccn3)C[C@H]2[C@@H]1c1ccccc1. The Kier molecular flexibility index (Phi) is 5.16. The molecule has 0 radical (unpaired) electrons. The summed E-state index contributed by atoms with van der Waals surface area (Å²) < 4.78 is 26.3. The second-order valence-electron chi connectivity index (χ2n) is 7.61. The first-order chi connectivity index (χ1) is 13.4. The summed E-state index contributed by atoms with van der Waals surface area (Å²) in [6, 6.07) is 9.54. The lowest BCUT2D eigenvalue weighted by molar-refractivity contribution is -0.130. The molecule has 2 aliphatic rings. The van der Waals surface area contributed by atoms with Gasteiger partial charge in [0.25, 0.3) is 0 Å². The second kappa shape index (κ2) is 7.60. The van der Waals surface area contributed by atoms with E-state index in [0.717, 1.165) is 11.3 Å². The van der Waals surface area contributed by atoms with Crippen molar-refractivity contribution < 1.29 is 13.2 Å². The van der Waals surface area contributed by atoms with Crippen molar-refractivity contribution in [3.05, 3.63) is 60.2 Å². The third-order valence-corrected chi connectivity index (χ3v) is 6.98. The molecule has 0 saturated carbocycles. The summed E-state index contributed by atoms with van der Waals surface area (Å²) in [6.45, 7) is 1.67. The molecule has 1 amide bonds. The van der Waals surface area contributed by atoms with Gasteiger partial charge in [0.2, 0.25) is 15.9 Å². The maximum atomic E-state index is 12.7. The Hall–Kier alpha value is -2.32. The number of benzene rings is 1. The molecule has 1 aromatic heterocycles. The van der Waals surface area contributed by atoms with Crippen molar-refractivity contribution in [1.82, 2.24) is 19.2 Å². The van der Waals surface area contributed by atoms with Crippen molar-refractivity contribution in [3.8, 4) is 0 Å². The van der Waals surface area contributed by atoms with Gasteiger partial charge in [-0.1, -0.05) is 30.3 Å². The van der Waals surface area contributed by atoms with Crippen LogP contribution >= 0.6 is 0 Å². The first kappa shape index (κ1) is 19.0. The van der Waals surface area contributed by atoms with Gasteiger partial charge in [-0.25, -0.2) is 8.42 Å². The minimum atomic E-state index is -3.31. The van der Waals surface area contributed by atoms with Crippen LogP contribution in [-0.2, 0) is 21.2 Å². The van der Waals surface area contributed by atoms with Crippen LogP contribution in [0.1, 0.15) is 23.7 Å². The quantitative estimate of drug-likeness (QED) is 0.760. The molecular formula is C20H24N4O3S. The summed E-state index contributed by atoms with van der Waals surface area (Å²) in [5.74, 6) is 0.385. The molecule has 0 bridgehead atoms. The molecule has 1 aromatic carbocycles. The molecule has 7 nitrogen and oxygen atoms in total. The molecule has 148 valence electrons. The Morgan fingerprint density at radius 3 is 2.61 bits per heavy atom. The molecule has 0 spiro atoms. The van der Waals surface area contributed by atoms with E-state index in [2.05, 4.69) is 9.97 Å². The van der Waals surface area contributed by atoms with Crippen LogP contribution in [0.5, 0.6) is 0 Å². The fourth-order valence-corrected chi connectivity index (χ4v) is 5.62. The van der Waals surface area contributed by atoms with Crippen LogP contribution in [0.2, 0.25) is 0 Å². The Morgan fingerprint density at radius 1 is 1.14 bits per heavy atom. The largest absolute Gasteiger partial charge is 0.342 e. The smallest absolute Gasteiger partial charge is 0.222 e. The fourth-order valence-electron chi connectivity index (χ4n) is 4.47. The van der Waals surface area contributed by atoms with Gasteiger partial charge >= 0.3 is 0 Å². The number of likely N-dealkylation sites (tertiary alicyclic amines) is 1. The Bertz CT molecular complexity index is 936. The lowest BCUT2D eigenvalue weighted by atomic mass is 9.90. The molecule has 0 aliphatic carbocycles. The van der Waals surface area contributed by atoms with Gasteiger partial charge in [0.05, 0.1) is 18.0 Å². The van der Waals surface area contributed by atoms with Gasteiger partial charge in [-0.15, -0.1) is 0 Å². The molecule has 2 fully saturated rings. The summed E-state index contributed by atoms with van der Waals surface area (Å²) >= 11 is 0. The molecule has 2 aromatic rings. The molecule has 0 N–H and O–H groups in total. The number of aryl methyl sites for hydroxylation is 1. The highest BCUT2D eigenvalue weighted by atomic mass is 32.2. The molecular weight excluding hydrogens is 376 g/mol. The van der Waals surface area contributed by atoms with Crippen molar-refractivity contribution in [2.45, 2.75) is 18.9 Å². The van der Waals surface area contributed by atoms with Crippen molar-refractivity contribution in [2.75, 3.05) is 25.9 Å². The molecule has 3 atom stereocenters. The van der Waals surface area contributed by atoms with Gasteiger partial charge in [-0.3, -0.25) is 14.8 Å². The molecule has 2 saturated heterocycles. The van der Waals surface area contributed by atoms with Crippen molar-refractivity contribution in [3.63, 3.8) is 0 Å². The van der Waals surface area contributed by atoms with Crippen LogP contribution in [0.4, 0.5) is 0 Å². The summed E-state index contributed by atoms with van der Waals surface area (Å²) in [7, 11) is -3.31. The predicted octanol–water partition coefficient (Wildman–Crippen LogP) is 1.50. The average Bonchev–Trinajstić information content (AvgIpc) is 3.25. The Balaban J connectivity index is 1.48. The molecule has 4 rings (SSSR count). The highest BCUT2D eigenvalue weighted by Crippen LogP contribution is 2.46. The number of amides is 1. The minimum absolute atomic E-state index is 0.0952. The van der Waals surface area contributed by atoms with E-state index in [0.29, 0.717) is 32.5 Å². The number of hydrogen-bond acceptors (Lipinski definition) is 5. The van der Waals surface area contributed by atoms with E-state index < -0.39 is 10.0 Å². The van der Waals surface area contributed by atoms with Crippen LogP contribution in [-0.4, -0.2) is 59.4 Å². The van der Waals surface area contributed by atoms with Gasteiger partial charge in [-0.05, 0) is 17.9 Å². The monoisotopic (exact) mass is 400 g/mol. The standard InChI is InChI=1S/C20H24N4O3S/c1-28(26,27)24-13-16-12-23(19(25)8-7-17-11-21-9-10-22-17)14-18(16)20(24)15-5-3-2-4-6-15/h2-6,9-11,16,18,20H,7-8,12-14H2,1H3/t16-,18-,20+/m1/s1. The van der Waals surface area contributed by atoms with Crippen LogP contribution in [0, 0.1) is 11.8 Å². The third kappa shape index (κ3) is 3.79. The number of nitrogens with zero attached hydrogens (tertiary/aromatic N) is 4. The molecule has 3 heterocycles. The fraction of sp³-hybridized carbons (Fsp3) is 0.450. The Labute approximate surface area is 165 Å². The zero-order chi connectivity index (χ0) is 19.7. The zero-order valence-electron chi connectivity index (χ0n) is 15.8. The lowest BCUT2D eigenvalue weighted by Crippen LogP contribution is -2.37. The van der Waals surface area contributed by atoms with Crippen molar-refractivity contribution in [2.24, 2.45) is 11.8 Å². The van der Waals surface area contributed by atoms with E-state index in [-0.39, 0.29) is 23.8 Å². The normalized spacial score (nSPS) is 25.0. The third-order valence-electron chi connectivity index (χ3n) is 5.75. The number of carbonyl (C=O) groups excluding carboxylic acids is 1. The predicted molar refractivity (Wildman–Crippen MR) is 105 cm³/mol. The number of carbonyl (C=O) groups is 1. The number of fused-ring (bicyclic) bond motifs is 1. The lowest BCUT2D eigenvalue weighted by Gasteiger charge is -2.28. The van der Waals surface area contributed by atoms with E-state index in [1.54, 1.807) is 22.9 Å². The first-order valence-electron chi connectivity index (χ1n) is 9.48. The number of sulfonamides is 1. The van der Waals surface area contributed by atoms with Gasteiger partial charge in [0.1, 0.15) is 0 Å². The molecule has 2 aliphatic heterocycles. The maximum absolute atomic E-state index is 12.7. The van der Waals surface area contributed by atoms with Gasteiger partial charge in [0.15, 0.2) is 0 Å². The summed E-state index contributed by atoms with van der Waals surface area (Å²) in [6.07, 6.45) is 7.16. The van der Waals surface area contributed by atoms with E-state index in [1.165, 1.54) is 6.26 Å².